The summed E-state index contributed by atoms with van der Waals surface area (Å²) in [6.07, 6.45) is 6.63. The van der Waals surface area contributed by atoms with Crippen molar-refractivity contribution in [1.29, 1.82) is 0 Å². The number of ketones is 1. The van der Waals surface area contributed by atoms with Crippen molar-refractivity contribution in [3.8, 4) is 11.1 Å². The number of anilines is 1. The topological polar surface area (TPSA) is 47.5 Å². The molecule has 0 amide bonds. The van der Waals surface area contributed by atoms with Gasteiger partial charge in [-0.2, -0.15) is 0 Å². The molecule has 3 nitrogen and oxygen atoms in total. The zero-order chi connectivity index (χ0) is 14.4. The van der Waals surface area contributed by atoms with Crippen molar-refractivity contribution >= 4 is 17.0 Å². The van der Waals surface area contributed by atoms with E-state index < -0.39 is 0 Å². The van der Waals surface area contributed by atoms with Gasteiger partial charge in [0.25, 0.3) is 0 Å². The predicted molar refractivity (Wildman–Crippen MR) is 84.5 cm³/mol. The van der Waals surface area contributed by atoms with Crippen molar-refractivity contribution in [2.75, 3.05) is 5.73 Å². The average molecular weight is 276 g/mol. The molecule has 104 valence electrons. The third-order valence-corrected chi connectivity index (χ3v) is 4.25. The number of pyridine rings is 1. The van der Waals surface area contributed by atoms with Crippen LogP contribution in [0.15, 0.2) is 48.8 Å². The number of hydrogen-bond donors (Lipinski definition) is 1. The van der Waals surface area contributed by atoms with E-state index in [-0.39, 0.29) is 5.78 Å². The Kier molecular flexibility index (Phi) is 2.61. The first-order valence-electron chi connectivity index (χ1n) is 7.26. The maximum atomic E-state index is 12.3. The Morgan fingerprint density at radius 2 is 1.81 bits per heavy atom. The van der Waals surface area contributed by atoms with Gasteiger partial charge in [-0.1, -0.05) is 12.1 Å². The smallest absolute Gasteiger partial charge is 0.165 e. The van der Waals surface area contributed by atoms with Gasteiger partial charge >= 0.3 is 0 Å². The van der Waals surface area contributed by atoms with Crippen LogP contribution in [-0.4, -0.2) is 10.2 Å². The molecule has 2 aromatic heterocycles. The van der Waals surface area contributed by atoms with Crippen molar-refractivity contribution in [2.45, 2.75) is 19.3 Å². The fourth-order valence-electron chi connectivity index (χ4n) is 3.24. The van der Waals surface area contributed by atoms with E-state index in [0.29, 0.717) is 6.42 Å². The summed E-state index contributed by atoms with van der Waals surface area (Å²) in [5.41, 5.74) is 12.1. The minimum absolute atomic E-state index is 0.251. The number of carbonyl (C=O) groups excluding carboxylic acids is 1. The van der Waals surface area contributed by atoms with Crippen molar-refractivity contribution in [1.82, 2.24) is 4.40 Å². The Morgan fingerprint density at radius 3 is 2.62 bits per heavy atom. The third kappa shape index (κ3) is 1.85. The molecule has 2 N–H and O–H groups in total. The standard InChI is InChI=1S/C18H16N2O/c19-13-8-6-12(7-9-13)16-11-20-10-2-4-15-17(21)5-1-3-14(16)18(15)20/h2,4,6-11H,1,3,5,19H2. The van der Waals surface area contributed by atoms with Crippen LogP contribution in [0.2, 0.25) is 0 Å². The summed E-state index contributed by atoms with van der Waals surface area (Å²) in [6.45, 7) is 0. The Bertz CT molecular complexity index is 844. The lowest BCUT2D eigenvalue weighted by Gasteiger charge is -2.04. The second-order valence-corrected chi connectivity index (χ2v) is 5.60. The summed E-state index contributed by atoms with van der Waals surface area (Å²) < 4.78 is 2.08. The van der Waals surface area contributed by atoms with Crippen molar-refractivity contribution in [3.63, 3.8) is 0 Å². The number of aromatic nitrogens is 1. The van der Waals surface area contributed by atoms with Gasteiger partial charge in [-0.3, -0.25) is 4.79 Å². The molecule has 0 saturated carbocycles. The van der Waals surface area contributed by atoms with Gasteiger partial charge in [-0.15, -0.1) is 0 Å². The quantitative estimate of drug-likeness (QED) is 0.689. The summed E-state index contributed by atoms with van der Waals surface area (Å²) in [6, 6.07) is 11.8. The van der Waals surface area contributed by atoms with Crippen molar-refractivity contribution < 1.29 is 4.79 Å². The van der Waals surface area contributed by atoms with E-state index in [2.05, 4.69) is 10.6 Å². The van der Waals surface area contributed by atoms with E-state index in [1.54, 1.807) is 0 Å². The van der Waals surface area contributed by atoms with Crippen molar-refractivity contribution in [2.24, 2.45) is 0 Å². The van der Waals surface area contributed by atoms with Gasteiger partial charge in [0.1, 0.15) is 0 Å². The fraction of sp³-hybridized carbons (Fsp3) is 0.167. The molecule has 0 saturated heterocycles. The van der Waals surface area contributed by atoms with Crippen LogP contribution < -0.4 is 5.73 Å². The summed E-state index contributed by atoms with van der Waals surface area (Å²) >= 11 is 0. The average Bonchev–Trinajstić information content (AvgIpc) is 2.77. The van der Waals surface area contributed by atoms with Gasteiger partial charge in [0.05, 0.1) is 5.52 Å². The highest BCUT2D eigenvalue weighted by molar-refractivity contribution is 6.04. The number of nitrogen functional groups attached to an aromatic ring is 1. The van der Waals surface area contributed by atoms with Gasteiger partial charge in [-0.05, 0) is 48.2 Å². The highest BCUT2D eigenvalue weighted by Crippen LogP contribution is 2.34. The molecule has 0 radical (unpaired) electrons. The first-order valence-corrected chi connectivity index (χ1v) is 7.26. The van der Waals surface area contributed by atoms with Crippen molar-refractivity contribution in [3.05, 3.63) is 59.9 Å². The van der Waals surface area contributed by atoms with E-state index in [0.717, 1.165) is 35.2 Å². The Hall–Kier alpha value is -2.55. The van der Waals surface area contributed by atoms with Crippen LogP contribution in [0.4, 0.5) is 5.69 Å². The number of benzene rings is 1. The monoisotopic (exact) mass is 276 g/mol. The van der Waals surface area contributed by atoms with Crippen LogP contribution in [0.1, 0.15) is 28.8 Å². The minimum atomic E-state index is 0.251. The molecule has 0 spiro atoms. The number of aryl methyl sites for hydroxylation is 1. The second kappa shape index (κ2) is 4.48. The lowest BCUT2D eigenvalue weighted by atomic mass is 10.00. The van der Waals surface area contributed by atoms with E-state index in [9.17, 15) is 4.79 Å². The van der Waals surface area contributed by atoms with Gasteiger partial charge in [-0.25, -0.2) is 0 Å². The van der Waals surface area contributed by atoms with Crippen LogP contribution in [0.25, 0.3) is 16.6 Å². The summed E-state index contributed by atoms with van der Waals surface area (Å²) in [4.78, 5) is 12.3. The van der Waals surface area contributed by atoms with E-state index in [1.807, 2.05) is 42.6 Å². The largest absolute Gasteiger partial charge is 0.399 e. The van der Waals surface area contributed by atoms with Crippen LogP contribution in [0.3, 0.4) is 0 Å². The highest BCUT2D eigenvalue weighted by atomic mass is 16.1. The Balaban J connectivity index is 2.02. The SMILES string of the molecule is Nc1ccc(-c2cn3cccc4c3c2CCCC4=O)cc1. The van der Waals surface area contributed by atoms with Gasteiger partial charge in [0.15, 0.2) is 5.78 Å². The molecule has 4 rings (SSSR count). The lowest BCUT2D eigenvalue weighted by molar-refractivity contribution is 0.0983. The number of hydrogen-bond acceptors (Lipinski definition) is 2. The van der Waals surface area contributed by atoms with Crippen LogP contribution in [0.5, 0.6) is 0 Å². The van der Waals surface area contributed by atoms with Gasteiger partial charge < -0.3 is 10.1 Å². The zero-order valence-electron chi connectivity index (χ0n) is 11.7. The number of nitrogens with zero attached hydrogens (tertiary/aromatic N) is 1. The summed E-state index contributed by atoms with van der Waals surface area (Å²) in [7, 11) is 0. The maximum Gasteiger partial charge on any atom is 0.165 e. The summed E-state index contributed by atoms with van der Waals surface area (Å²) in [5.74, 6) is 0.251. The molecule has 0 bridgehead atoms. The van der Waals surface area contributed by atoms with E-state index >= 15 is 0 Å². The maximum absolute atomic E-state index is 12.3. The number of rotatable bonds is 1. The molecule has 0 unspecified atom stereocenters. The number of carbonyl (C=O) groups is 1. The Labute approximate surface area is 123 Å². The van der Waals surface area contributed by atoms with E-state index in [4.69, 9.17) is 5.73 Å². The normalized spacial score (nSPS) is 14.4. The predicted octanol–water partition coefficient (Wildman–Crippen LogP) is 3.71. The lowest BCUT2D eigenvalue weighted by Crippen LogP contribution is -1.99. The molecule has 1 aliphatic carbocycles. The molecular formula is C18H16N2O. The molecule has 0 atom stereocenters. The molecule has 2 heterocycles. The molecule has 1 aliphatic rings. The van der Waals surface area contributed by atoms with Crippen LogP contribution >= 0.6 is 0 Å². The molecular weight excluding hydrogens is 260 g/mol. The molecule has 0 aliphatic heterocycles. The Morgan fingerprint density at radius 1 is 1.00 bits per heavy atom. The summed E-state index contributed by atoms with van der Waals surface area (Å²) in [5, 5.41) is 0. The third-order valence-electron chi connectivity index (χ3n) is 4.25. The molecule has 21 heavy (non-hydrogen) atoms. The van der Waals surface area contributed by atoms with Crippen LogP contribution in [-0.2, 0) is 6.42 Å². The van der Waals surface area contributed by atoms with Gasteiger partial charge in [0.2, 0.25) is 0 Å². The fourth-order valence-corrected chi connectivity index (χ4v) is 3.24. The van der Waals surface area contributed by atoms with Crippen LogP contribution in [0, 0.1) is 0 Å². The minimum Gasteiger partial charge on any atom is -0.399 e. The molecule has 3 heteroatoms. The zero-order valence-corrected chi connectivity index (χ0v) is 11.7. The number of Topliss-reactive ketones (excluding diaryl/α,β-unsaturated/α-hetero) is 1. The molecule has 3 aromatic rings. The first-order chi connectivity index (χ1) is 10.2. The molecule has 0 fully saturated rings. The number of nitrogens with two attached hydrogens (primary N) is 1. The second-order valence-electron chi connectivity index (χ2n) is 5.60. The molecule has 1 aromatic carbocycles. The first kappa shape index (κ1) is 12.2. The van der Waals surface area contributed by atoms with Gasteiger partial charge in [0, 0.05) is 35.6 Å². The van der Waals surface area contributed by atoms with E-state index in [1.165, 1.54) is 11.1 Å². The highest BCUT2D eigenvalue weighted by Gasteiger charge is 2.21.